The van der Waals surface area contributed by atoms with Gasteiger partial charge >= 0.3 is 0 Å². The number of nitrogens with one attached hydrogen (secondary N) is 1. The summed E-state index contributed by atoms with van der Waals surface area (Å²) in [5, 5.41) is 1.15. The number of hydrogen-bond acceptors (Lipinski definition) is 2. The predicted molar refractivity (Wildman–Crippen MR) is 59.0 cm³/mol. The van der Waals surface area contributed by atoms with Gasteiger partial charge in [-0.05, 0) is 24.0 Å². The molecular weight excluding hydrogens is 174 g/mol. The molecular formula is C11H15N3. The fraction of sp³-hybridized carbons (Fsp3) is 0.364. The molecule has 0 spiro atoms. The van der Waals surface area contributed by atoms with E-state index in [4.69, 9.17) is 5.73 Å². The van der Waals surface area contributed by atoms with Crippen LogP contribution in [0, 0.1) is 5.92 Å². The first-order chi connectivity index (χ1) is 6.68. The minimum Gasteiger partial charge on any atom is -0.397 e. The first kappa shape index (κ1) is 9.06. The fourth-order valence-corrected chi connectivity index (χ4v) is 1.71. The predicted octanol–water partition coefficient (Wildman–Crippen LogP) is 2.34. The van der Waals surface area contributed by atoms with E-state index in [0.29, 0.717) is 5.92 Å². The standard InChI is InChI=1S/C11H15N3/c1-7(2)5-9-8-3-4-13-11(8)14-6-10(9)12/h3-4,6-7H,5,12H2,1-2H3,(H,13,14). The maximum absolute atomic E-state index is 5.92. The number of aromatic nitrogens is 2. The van der Waals surface area contributed by atoms with Gasteiger partial charge in [-0.3, -0.25) is 0 Å². The second-order valence-corrected chi connectivity index (χ2v) is 4.03. The van der Waals surface area contributed by atoms with Crippen molar-refractivity contribution in [3.05, 3.63) is 24.0 Å². The number of pyridine rings is 1. The van der Waals surface area contributed by atoms with Crippen LogP contribution in [0.5, 0.6) is 0 Å². The summed E-state index contributed by atoms with van der Waals surface area (Å²) >= 11 is 0. The lowest BCUT2D eigenvalue weighted by Crippen LogP contribution is -2.01. The SMILES string of the molecule is CC(C)Cc1c(N)cnc2[nH]ccc12. The van der Waals surface area contributed by atoms with E-state index < -0.39 is 0 Å². The number of hydrogen-bond donors (Lipinski definition) is 2. The smallest absolute Gasteiger partial charge is 0.137 e. The van der Waals surface area contributed by atoms with Crippen LogP contribution < -0.4 is 5.73 Å². The molecule has 0 aromatic carbocycles. The number of fused-ring (bicyclic) bond motifs is 1. The molecule has 3 heteroatoms. The maximum atomic E-state index is 5.92. The summed E-state index contributed by atoms with van der Waals surface area (Å²) in [6.45, 7) is 4.39. The van der Waals surface area contributed by atoms with Gasteiger partial charge in [0.1, 0.15) is 5.65 Å². The molecule has 3 nitrogen and oxygen atoms in total. The van der Waals surface area contributed by atoms with Gasteiger partial charge in [0.2, 0.25) is 0 Å². The maximum Gasteiger partial charge on any atom is 0.137 e. The molecule has 0 atom stereocenters. The lowest BCUT2D eigenvalue weighted by molar-refractivity contribution is 0.651. The summed E-state index contributed by atoms with van der Waals surface area (Å²) in [6, 6.07) is 2.04. The van der Waals surface area contributed by atoms with Crippen molar-refractivity contribution in [2.45, 2.75) is 20.3 Å². The zero-order chi connectivity index (χ0) is 10.1. The quantitative estimate of drug-likeness (QED) is 0.761. The van der Waals surface area contributed by atoms with E-state index in [9.17, 15) is 0 Å². The van der Waals surface area contributed by atoms with E-state index in [1.54, 1.807) is 6.20 Å². The second kappa shape index (κ2) is 3.33. The van der Waals surface area contributed by atoms with Gasteiger partial charge in [0.25, 0.3) is 0 Å². The highest BCUT2D eigenvalue weighted by atomic mass is 14.8. The first-order valence-electron chi connectivity index (χ1n) is 4.89. The average molecular weight is 189 g/mol. The zero-order valence-electron chi connectivity index (χ0n) is 8.54. The monoisotopic (exact) mass is 189 g/mol. The molecule has 0 saturated heterocycles. The lowest BCUT2D eigenvalue weighted by atomic mass is 10.00. The van der Waals surface area contributed by atoms with E-state index in [0.717, 1.165) is 23.1 Å². The number of aromatic amines is 1. The summed E-state index contributed by atoms with van der Waals surface area (Å²) < 4.78 is 0. The van der Waals surface area contributed by atoms with Crippen molar-refractivity contribution in [2.75, 3.05) is 5.73 Å². The van der Waals surface area contributed by atoms with Crippen LogP contribution in [-0.4, -0.2) is 9.97 Å². The fourth-order valence-electron chi connectivity index (χ4n) is 1.71. The topological polar surface area (TPSA) is 54.7 Å². The van der Waals surface area contributed by atoms with Crippen molar-refractivity contribution in [1.29, 1.82) is 0 Å². The van der Waals surface area contributed by atoms with Gasteiger partial charge in [0.15, 0.2) is 0 Å². The Morgan fingerprint density at radius 2 is 2.29 bits per heavy atom. The van der Waals surface area contributed by atoms with Gasteiger partial charge in [-0.25, -0.2) is 4.98 Å². The molecule has 0 bridgehead atoms. The van der Waals surface area contributed by atoms with Gasteiger partial charge < -0.3 is 10.7 Å². The number of nitrogens with two attached hydrogens (primary N) is 1. The van der Waals surface area contributed by atoms with Gasteiger partial charge in [-0.2, -0.15) is 0 Å². The van der Waals surface area contributed by atoms with E-state index in [-0.39, 0.29) is 0 Å². The molecule has 0 fully saturated rings. The van der Waals surface area contributed by atoms with Crippen molar-refractivity contribution >= 4 is 16.7 Å². The van der Waals surface area contributed by atoms with Gasteiger partial charge in [0, 0.05) is 11.6 Å². The third-order valence-corrected chi connectivity index (χ3v) is 2.34. The van der Waals surface area contributed by atoms with Crippen LogP contribution in [0.1, 0.15) is 19.4 Å². The van der Waals surface area contributed by atoms with E-state index in [1.807, 2.05) is 12.3 Å². The largest absolute Gasteiger partial charge is 0.397 e. The summed E-state index contributed by atoms with van der Waals surface area (Å²) in [4.78, 5) is 7.32. The number of anilines is 1. The molecule has 3 N–H and O–H groups in total. The Morgan fingerprint density at radius 3 is 3.00 bits per heavy atom. The molecule has 0 aliphatic carbocycles. The number of nitrogens with zero attached hydrogens (tertiary/aromatic N) is 1. The molecule has 0 amide bonds. The first-order valence-corrected chi connectivity index (χ1v) is 4.89. The summed E-state index contributed by atoms with van der Waals surface area (Å²) in [6.07, 6.45) is 4.64. The summed E-state index contributed by atoms with van der Waals surface area (Å²) in [7, 11) is 0. The third kappa shape index (κ3) is 1.45. The molecule has 2 aromatic heterocycles. The molecule has 74 valence electrons. The van der Waals surface area contributed by atoms with Gasteiger partial charge in [0.05, 0.1) is 11.9 Å². The number of rotatable bonds is 2. The zero-order valence-corrected chi connectivity index (χ0v) is 8.54. The van der Waals surface area contributed by atoms with Crippen LogP contribution in [0.2, 0.25) is 0 Å². The van der Waals surface area contributed by atoms with E-state index >= 15 is 0 Å². The highest BCUT2D eigenvalue weighted by molar-refractivity contribution is 5.83. The summed E-state index contributed by atoms with van der Waals surface area (Å²) in [5.74, 6) is 0.609. The van der Waals surface area contributed by atoms with E-state index in [2.05, 4.69) is 23.8 Å². The number of nitrogen functional groups attached to an aromatic ring is 1. The Bertz CT molecular complexity index is 443. The minimum absolute atomic E-state index is 0.609. The van der Waals surface area contributed by atoms with Gasteiger partial charge in [-0.15, -0.1) is 0 Å². The minimum atomic E-state index is 0.609. The second-order valence-electron chi connectivity index (χ2n) is 4.03. The molecule has 0 radical (unpaired) electrons. The van der Waals surface area contributed by atoms with Crippen molar-refractivity contribution in [3.63, 3.8) is 0 Å². The summed E-state index contributed by atoms with van der Waals surface area (Å²) in [5.41, 5.74) is 8.85. The van der Waals surface area contributed by atoms with Crippen LogP contribution in [0.25, 0.3) is 11.0 Å². The molecule has 0 aliphatic rings. The Hall–Kier alpha value is -1.51. The molecule has 0 unspecified atom stereocenters. The van der Waals surface area contributed by atoms with Crippen molar-refractivity contribution in [2.24, 2.45) is 5.92 Å². The van der Waals surface area contributed by atoms with Crippen molar-refractivity contribution in [3.8, 4) is 0 Å². The van der Waals surface area contributed by atoms with Crippen molar-refractivity contribution < 1.29 is 0 Å². The van der Waals surface area contributed by atoms with E-state index in [1.165, 1.54) is 5.56 Å². The molecule has 2 heterocycles. The Kier molecular flexibility index (Phi) is 2.15. The van der Waals surface area contributed by atoms with Crippen LogP contribution in [0.3, 0.4) is 0 Å². The van der Waals surface area contributed by atoms with Crippen molar-refractivity contribution in [1.82, 2.24) is 9.97 Å². The van der Waals surface area contributed by atoms with Crippen LogP contribution >= 0.6 is 0 Å². The van der Waals surface area contributed by atoms with Crippen LogP contribution in [0.4, 0.5) is 5.69 Å². The Morgan fingerprint density at radius 1 is 1.50 bits per heavy atom. The van der Waals surface area contributed by atoms with Crippen LogP contribution in [0.15, 0.2) is 18.5 Å². The molecule has 2 rings (SSSR count). The molecule has 2 aromatic rings. The average Bonchev–Trinajstić information content (AvgIpc) is 2.57. The highest BCUT2D eigenvalue weighted by Gasteiger charge is 2.08. The van der Waals surface area contributed by atoms with Crippen LogP contribution in [-0.2, 0) is 6.42 Å². The Balaban J connectivity index is 2.58. The lowest BCUT2D eigenvalue weighted by Gasteiger charge is -2.09. The van der Waals surface area contributed by atoms with Gasteiger partial charge in [-0.1, -0.05) is 13.8 Å². The molecule has 0 saturated carbocycles. The highest BCUT2D eigenvalue weighted by Crippen LogP contribution is 2.23. The number of H-pyrrole nitrogens is 1. The third-order valence-electron chi connectivity index (χ3n) is 2.34. The molecule has 14 heavy (non-hydrogen) atoms. The Labute approximate surface area is 83.3 Å². The normalized spacial score (nSPS) is 11.4. The molecule has 0 aliphatic heterocycles.